The number of allylic oxidation sites excluding steroid dienone is 1. The molecule has 1 aromatic heterocycles. The Morgan fingerprint density at radius 3 is 2.73 bits per heavy atom. The number of thioether (sulfide) groups is 1. The van der Waals surface area contributed by atoms with E-state index in [1.165, 1.54) is 0 Å². The van der Waals surface area contributed by atoms with Crippen LogP contribution < -0.4 is 26.0 Å². The minimum Gasteiger partial charge on any atom is -0.465 e. The van der Waals surface area contributed by atoms with Gasteiger partial charge in [-0.15, -0.1) is 5.10 Å². The molecule has 4 rings (SSSR count). The fourth-order valence-electron chi connectivity index (χ4n) is 4.98. The highest BCUT2D eigenvalue weighted by molar-refractivity contribution is 8.00. The minimum atomic E-state index is -0.106. The minimum absolute atomic E-state index is 0.0571. The van der Waals surface area contributed by atoms with Crippen LogP contribution in [0.3, 0.4) is 0 Å². The zero-order valence-electron chi connectivity index (χ0n) is 23.6. The first-order valence-electron chi connectivity index (χ1n) is 14.5. The van der Waals surface area contributed by atoms with Gasteiger partial charge in [-0.1, -0.05) is 29.8 Å². The van der Waals surface area contributed by atoms with Gasteiger partial charge in [-0.2, -0.15) is 11.8 Å². The summed E-state index contributed by atoms with van der Waals surface area (Å²) in [5.41, 5.74) is 1.96. The summed E-state index contributed by atoms with van der Waals surface area (Å²) in [4.78, 5) is 35.9. The second kappa shape index (κ2) is 16.0. The lowest BCUT2D eigenvalue weighted by Crippen LogP contribution is -2.36. The van der Waals surface area contributed by atoms with Crippen LogP contribution in [0.4, 0.5) is 4.79 Å². The maximum atomic E-state index is 12.3. The van der Waals surface area contributed by atoms with Crippen molar-refractivity contribution in [1.29, 1.82) is 0 Å². The highest BCUT2D eigenvalue weighted by Crippen LogP contribution is 2.33. The molecule has 2 aromatic rings. The fraction of sp³-hybridized carbons (Fsp3) is 0.552. The third-order valence-electron chi connectivity index (χ3n) is 7.15. The van der Waals surface area contributed by atoms with Crippen molar-refractivity contribution in [1.82, 2.24) is 36.3 Å². The van der Waals surface area contributed by atoms with Gasteiger partial charge in [0.15, 0.2) is 0 Å². The van der Waals surface area contributed by atoms with Crippen LogP contribution in [0.1, 0.15) is 56.7 Å². The summed E-state index contributed by atoms with van der Waals surface area (Å²) in [7, 11) is 0. The van der Waals surface area contributed by atoms with Crippen LogP contribution in [0, 0.1) is 0 Å². The lowest BCUT2D eigenvalue weighted by atomic mass is 10.0. The number of urea groups is 1. The number of nitrogens with zero attached hydrogens (tertiary/aromatic N) is 3. The number of carbonyl (C=O) groups excluding carboxylic acids is 3. The number of hydrogen-bond acceptors (Lipinski definition) is 7. The highest BCUT2D eigenvalue weighted by Gasteiger charge is 2.42. The number of hydrogen-bond donors (Lipinski definition) is 4. The molecule has 2 saturated heterocycles. The van der Waals surface area contributed by atoms with E-state index in [-0.39, 0.29) is 36.5 Å². The van der Waals surface area contributed by atoms with Crippen LogP contribution in [0.5, 0.6) is 5.75 Å². The topological polar surface area (TPSA) is 139 Å². The Morgan fingerprint density at radius 2 is 1.90 bits per heavy atom. The Morgan fingerprint density at radius 1 is 1.07 bits per heavy atom. The molecule has 2 aliphatic rings. The van der Waals surface area contributed by atoms with Gasteiger partial charge in [0.25, 0.3) is 0 Å². The maximum Gasteiger partial charge on any atom is 0.315 e. The number of ether oxygens (including phenoxy) is 1. The number of amides is 4. The van der Waals surface area contributed by atoms with E-state index in [4.69, 9.17) is 4.74 Å². The van der Waals surface area contributed by atoms with Gasteiger partial charge in [0.1, 0.15) is 12.3 Å². The number of aryl methyl sites for hydroxylation is 1. The second-order valence-electron chi connectivity index (χ2n) is 10.4. The summed E-state index contributed by atoms with van der Waals surface area (Å²) in [6.45, 7) is 3.21. The Labute approximate surface area is 245 Å². The molecule has 3 heterocycles. The van der Waals surface area contributed by atoms with Gasteiger partial charge >= 0.3 is 6.03 Å². The molecule has 0 bridgehead atoms. The molecule has 3 atom stereocenters. The lowest BCUT2D eigenvalue weighted by Gasteiger charge is -2.16. The molecule has 12 heteroatoms. The molecule has 4 N–H and O–H groups in total. The molecular formula is C29H41N7O4S. The first-order chi connectivity index (χ1) is 20.0. The Kier molecular flexibility index (Phi) is 11.9. The molecule has 0 saturated carbocycles. The highest BCUT2D eigenvalue weighted by atomic mass is 32.2. The van der Waals surface area contributed by atoms with Gasteiger partial charge < -0.3 is 26.0 Å². The van der Waals surface area contributed by atoms with Crippen LogP contribution in [0.25, 0.3) is 0 Å². The summed E-state index contributed by atoms with van der Waals surface area (Å²) < 4.78 is 6.97. The van der Waals surface area contributed by atoms with Gasteiger partial charge in [-0.05, 0) is 63.1 Å². The van der Waals surface area contributed by atoms with Crippen molar-refractivity contribution in [2.24, 2.45) is 0 Å². The number of benzene rings is 1. The van der Waals surface area contributed by atoms with E-state index in [0.29, 0.717) is 24.8 Å². The molecule has 1 aromatic carbocycles. The van der Waals surface area contributed by atoms with E-state index in [9.17, 15) is 14.4 Å². The molecule has 11 nitrogen and oxygen atoms in total. The van der Waals surface area contributed by atoms with Gasteiger partial charge in [-0.25, -0.2) is 9.48 Å². The Hall–Kier alpha value is -3.54. The predicted molar refractivity (Wildman–Crippen MR) is 159 cm³/mol. The van der Waals surface area contributed by atoms with Crippen LogP contribution in [0.2, 0.25) is 0 Å². The average molecular weight is 584 g/mol. The van der Waals surface area contributed by atoms with Crippen molar-refractivity contribution in [3.8, 4) is 5.75 Å². The van der Waals surface area contributed by atoms with Crippen LogP contribution in [-0.2, 0) is 29.0 Å². The first kappa shape index (κ1) is 30.4. The lowest BCUT2D eigenvalue weighted by molar-refractivity contribution is -0.122. The van der Waals surface area contributed by atoms with E-state index < -0.39 is 0 Å². The zero-order valence-corrected chi connectivity index (χ0v) is 24.5. The summed E-state index contributed by atoms with van der Waals surface area (Å²) in [6.07, 6.45) is 11.9. The molecular weight excluding hydrogens is 542 g/mol. The van der Waals surface area contributed by atoms with Crippen molar-refractivity contribution in [2.75, 3.05) is 18.8 Å². The van der Waals surface area contributed by atoms with E-state index in [0.717, 1.165) is 67.7 Å². The van der Waals surface area contributed by atoms with Crippen LogP contribution in [-0.4, -0.2) is 69.0 Å². The Balaban J connectivity index is 0.999. The second-order valence-corrected chi connectivity index (χ2v) is 11.7. The zero-order chi connectivity index (χ0) is 28.9. The van der Waals surface area contributed by atoms with Gasteiger partial charge in [0.2, 0.25) is 11.8 Å². The number of rotatable bonds is 17. The quantitative estimate of drug-likeness (QED) is 0.128. The standard InChI is InChI=1S/C29H41N7O4S/c1-2-17-40-23-12-10-21(11-13-23)14-16-31-27(38)19-36-18-22(34-35-36)7-5-6-15-30-26(37)9-4-3-8-25-28-24(20-41-25)32-29(39)33-28/h2,10-13,17-18,24-25,28H,3-9,14-16,19-20H2,1H3,(H,30,37)(H,31,38)(H2,32,33,39). The van der Waals surface area contributed by atoms with Crippen LogP contribution in [0.15, 0.2) is 42.8 Å². The van der Waals surface area contributed by atoms with Crippen molar-refractivity contribution >= 4 is 29.6 Å². The fourth-order valence-corrected chi connectivity index (χ4v) is 6.53. The first-order valence-corrected chi connectivity index (χ1v) is 15.5. The number of aromatic nitrogens is 3. The van der Waals surface area contributed by atoms with Crippen LogP contribution >= 0.6 is 11.8 Å². The monoisotopic (exact) mass is 583 g/mol. The van der Waals surface area contributed by atoms with Crippen molar-refractivity contribution in [2.45, 2.75) is 82.2 Å². The SMILES string of the molecule is CC=COc1ccc(CCNC(=O)Cn2cc(CCCCNC(=O)CCCCC3SCC4NC(=O)NC43)nn2)cc1. The third-order valence-corrected chi connectivity index (χ3v) is 8.66. The van der Waals surface area contributed by atoms with Gasteiger partial charge in [0, 0.05) is 36.7 Å². The summed E-state index contributed by atoms with van der Waals surface area (Å²) in [5, 5.41) is 20.6. The van der Waals surface area contributed by atoms with E-state index in [1.54, 1.807) is 17.1 Å². The number of nitrogens with one attached hydrogen (secondary N) is 4. The largest absolute Gasteiger partial charge is 0.465 e. The molecule has 0 spiro atoms. The normalized spacial score (nSPS) is 19.5. The molecule has 0 radical (unpaired) electrons. The molecule has 222 valence electrons. The molecule has 2 fully saturated rings. The van der Waals surface area contributed by atoms with E-state index >= 15 is 0 Å². The number of unbranched alkanes of at least 4 members (excludes halogenated alkanes) is 2. The average Bonchev–Trinajstić information content (AvgIpc) is 3.67. The molecule has 0 aliphatic carbocycles. The number of carbonyl (C=O) groups is 3. The number of fused-ring (bicyclic) bond motifs is 1. The van der Waals surface area contributed by atoms with Crippen molar-refractivity contribution < 1.29 is 19.1 Å². The summed E-state index contributed by atoms with van der Waals surface area (Å²) in [6, 6.07) is 8.21. The molecule has 3 unspecified atom stereocenters. The summed E-state index contributed by atoms with van der Waals surface area (Å²) >= 11 is 1.91. The van der Waals surface area contributed by atoms with E-state index in [1.807, 2.05) is 49.0 Å². The Bertz CT molecular complexity index is 1170. The summed E-state index contributed by atoms with van der Waals surface area (Å²) in [5.74, 6) is 1.73. The van der Waals surface area contributed by atoms with Gasteiger partial charge in [0.05, 0.1) is 24.0 Å². The van der Waals surface area contributed by atoms with E-state index in [2.05, 4.69) is 31.6 Å². The maximum absolute atomic E-state index is 12.3. The van der Waals surface area contributed by atoms with Crippen molar-refractivity contribution in [3.63, 3.8) is 0 Å². The predicted octanol–water partition coefficient (Wildman–Crippen LogP) is 2.71. The molecule has 4 amide bonds. The molecule has 41 heavy (non-hydrogen) atoms. The smallest absolute Gasteiger partial charge is 0.315 e. The van der Waals surface area contributed by atoms with Crippen molar-refractivity contribution in [3.05, 3.63) is 54.1 Å². The third kappa shape index (κ3) is 10.1. The van der Waals surface area contributed by atoms with Gasteiger partial charge in [-0.3, -0.25) is 9.59 Å². The molecule has 2 aliphatic heterocycles.